The predicted octanol–water partition coefficient (Wildman–Crippen LogP) is 3.32. The number of nitrogens with two attached hydrogens (primary N) is 1. The lowest BCUT2D eigenvalue weighted by Gasteiger charge is -2.15. The Balaban J connectivity index is 1.57. The number of nitrogens with zero attached hydrogens (tertiary/aromatic N) is 1. The molecule has 1 aliphatic heterocycles. The van der Waals surface area contributed by atoms with Crippen LogP contribution in [0, 0.1) is 0 Å². The molecule has 0 bridgehead atoms. The standard InChI is InChI=1S/C19H24N2O/c20-13-16-6-8-17(9-7-16)15-22-19-5-3-4-18(12-19)14-21-10-1-2-11-21/h3-9,12H,1-2,10-11,13-15,20H2. The molecule has 2 N–H and O–H groups in total. The largest absolute Gasteiger partial charge is 0.489 e. The summed E-state index contributed by atoms with van der Waals surface area (Å²) in [4.78, 5) is 2.50. The number of hydrogen-bond donors (Lipinski definition) is 1. The molecule has 0 saturated carbocycles. The monoisotopic (exact) mass is 296 g/mol. The predicted molar refractivity (Wildman–Crippen MR) is 89.6 cm³/mol. The second-order valence-electron chi connectivity index (χ2n) is 5.94. The fraction of sp³-hybridized carbons (Fsp3) is 0.368. The van der Waals surface area contributed by atoms with Gasteiger partial charge in [0.2, 0.25) is 0 Å². The van der Waals surface area contributed by atoms with E-state index in [9.17, 15) is 0 Å². The number of likely N-dealkylation sites (tertiary alicyclic amines) is 1. The van der Waals surface area contributed by atoms with Gasteiger partial charge in [0.05, 0.1) is 0 Å². The lowest BCUT2D eigenvalue weighted by atomic mass is 10.1. The summed E-state index contributed by atoms with van der Waals surface area (Å²) in [5.74, 6) is 0.944. The van der Waals surface area contributed by atoms with Crippen molar-refractivity contribution in [2.24, 2.45) is 5.73 Å². The van der Waals surface area contributed by atoms with Crippen molar-refractivity contribution in [3.63, 3.8) is 0 Å². The number of hydrogen-bond acceptors (Lipinski definition) is 3. The van der Waals surface area contributed by atoms with Gasteiger partial charge in [0.15, 0.2) is 0 Å². The minimum atomic E-state index is 0.583. The van der Waals surface area contributed by atoms with Gasteiger partial charge in [-0.2, -0.15) is 0 Å². The second-order valence-corrected chi connectivity index (χ2v) is 5.94. The molecule has 1 aliphatic rings. The van der Waals surface area contributed by atoms with Crippen molar-refractivity contribution < 1.29 is 4.74 Å². The van der Waals surface area contributed by atoms with Crippen LogP contribution < -0.4 is 10.5 Å². The first kappa shape index (κ1) is 15.1. The highest BCUT2D eigenvalue weighted by Gasteiger charge is 2.11. The average molecular weight is 296 g/mol. The van der Waals surface area contributed by atoms with Crippen LogP contribution in [0.15, 0.2) is 48.5 Å². The minimum absolute atomic E-state index is 0.583. The van der Waals surface area contributed by atoms with Gasteiger partial charge in [-0.15, -0.1) is 0 Å². The molecule has 0 aromatic heterocycles. The van der Waals surface area contributed by atoms with Crippen molar-refractivity contribution >= 4 is 0 Å². The summed E-state index contributed by atoms with van der Waals surface area (Å²) < 4.78 is 5.92. The van der Waals surface area contributed by atoms with Crippen LogP contribution in [0.3, 0.4) is 0 Å². The van der Waals surface area contributed by atoms with Crippen LogP contribution in [-0.4, -0.2) is 18.0 Å². The Bertz CT molecular complexity index is 589. The van der Waals surface area contributed by atoms with Crippen LogP contribution in [0.25, 0.3) is 0 Å². The molecule has 0 radical (unpaired) electrons. The summed E-state index contributed by atoms with van der Waals surface area (Å²) in [6.07, 6.45) is 2.66. The third-order valence-electron chi connectivity index (χ3n) is 4.17. The summed E-state index contributed by atoms with van der Waals surface area (Å²) in [6.45, 7) is 4.65. The van der Waals surface area contributed by atoms with Crippen molar-refractivity contribution in [3.05, 3.63) is 65.2 Å². The van der Waals surface area contributed by atoms with Gasteiger partial charge in [-0.3, -0.25) is 4.90 Å². The zero-order valence-electron chi connectivity index (χ0n) is 13.0. The Morgan fingerprint density at radius 2 is 1.64 bits per heavy atom. The van der Waals surface area contributed by atoms with Gasteiger partial charge in [-0.05, 0) is 54.8 Å². The zero-order valence-corrected chi connectivity index (χ0v) is 13.0. The molecule has 0 amide bonds. The van der Waals surface area contributed by atoms with E-state index in [0.29, 0.717) is 13.2 Å². The van der Waals surface area contributed by atoms with E-state index in [1.807, 2.05) is 6.07 Å². The molecule has 3 nitrogen and oxygen atoms in total. The van der Waals surface area contributed by atoms with Crippen LogP contribution in [-0.2, 0) is 19.7 Å². The molecule has 1 heterocycles. The molecule has 2 aromatic rings. The molecule has 3 heteroatoms. The van der Waals surface area contributed by atoms with Gasteiger partial charge in [0.1, 0.15) is 12.4 Å². The van der Waals surface area contributed by atoms with E-state index in [0.717, 1.165) is 17.9 Å². The van der Waals surface area contributed by atoms with E-state index >= 15 is 0 Å². The van der Waals surface area contributed by atoms with Crippen LogP contribution in [0.2, 0.25) is 0 Å². The normalized spacial score (nSPS) is 15.1. The molecule has 0 atom stereocenters. The van der Waals surface area contributed by atoms with Gasteiger partial charge in [-0.1, -0.05) is 36.4 Å². The first-order valence-corrected chi connectivity index (χ1v) is 8.05. The maximum atomic E-state index is 5.92. The summed E-state index contributed by atoms with van der Waals surface area (Å²) in [7, 11) is 0. The number of ether oxygens (including phenoxy) is 1. The zero-order chi connectivity index (χ0) is 15.2. The topological polar surface area (TPSA) is 38.5 Å². The van der Waals surface area contributed by atoms with Crippen LogP contribution in [0.5, 0.6) is 5.75 Å². The average Bonchev–Trinajstić information content (AvgIpc) is 3.07. The van der Waals surface area contributed by atoms with Gasteiger partial charge in [0.25, 0.3) is 0 Å². The maximum Gasteiger partial charge on any atom is 0.120 e. The van der Waals surface area contributed by atoms with Gasteiger partial charge in [0, 0.05) is 13.1 Å². The van der Waals surface area contributed by atoms with E-state index in [2.05, 4.69) is 47.4 Å². The Labute approximate surface area is 132 Å². The highest BCUT2D eigenvalue weighted by molar-refractivity contribution is 5.29. The van der Waals surface area contributed by atoms with Gasteiger partial charge >= 0.3 is 0 Å². The fourth-order valence-corrected chi connectivity index (χ4v) is 2.87. The van der Waals surface area contributed by atoms with Crippen molar-refractivity contribution in [2.75, 3.05) is 13.1 Å². The van der Waals surface area contributed by atoms with E-state index in [1.54, 1.807) is 0 Å². The molecule has 1 fully saturated rings. The van der Waals surface area contributed by atoms with Crippen molar-refractivity contribution in [3.8, 4) is 5.75 Å². The Kier molecular flexibility index (Phi) is 5.09. The Morgan fingerprint density at radius 1 is 0.909 bits per heavy atom. The summed E-state index contributed by atoms with van der Waals surface area (Å²) in [6, 6.07) is 16.7. The Morgan fingerprint density at radius 3 is 2.36 bits per heavy atom. The molecule has 22 heavy (non-hydrogen) atoms. The molecular formula is C19H24N2O. The molecule has 0 aliphatic carbocycles. The van der Waals surface area contributed by atoms with Crippen LogP contribution in [0.4, 0.5) is 0 Å². The molecular weight excluding hydrogens is 272 g/mol. The number of benzene rings is 2. The molecule has 1 saturated heterocycles. The molecule has 0 unspecified atom stereocenters. The van der Waals surface area contributed by atoms with Crippen molar-refractivity contribution in [1.82, 2.24) is 4.90 Å². The third-order valence-corrected chi connectivity index (χ3v) is 4.17. The molecule has 116 valence electrons. The van der Waals surface area contributed by atoms with Crippen molar-refractivity contribution in [1.29, 1.82) is 0 Å². The van der Waals surface area contributed by atoms with Crippen LogP contribution in [0.1, 0.15) is 29.5 Å². The smallest absolute Gasteiger partial charge is 0.120 e. The van der Waals surface area contributed by atoms with Crippen molar-refractivity contribution in [2.45, 2.75) is 32.5 Å². The van der Waals surface area contributed by atoms with E-state index in [4.69, 9.17) is 10.5 Å². The maximum absolute atomic E-state index is 5.92. The molecule has 3 rings (SSSR count). The summed E-state index contributed by atoms with van der Waals surface area (Å²) >= 11 is 0. The Hall–Kier alpha value is -1.84. The molecule has 2 aromatic carbocycles. The third kappa shape index (κ3) is 4.09. The minimum Gasteiger partial charge on any atom is -0.489 e. The second kappa shape index (κ2) is 7.43. The summed E-state index contributed by atoms with van der Waals surface area (Å²) in [5, 5.41) is 0. The quantitative estimate of drug-likeness (QED) is 0.888. The first-order valence-electron chi connectivity index (χ1n) is 8.05. The lowest BCUT2D eigenvalue weighted by molar-refractivity contribution is 0.303. The van der Waals surface area contributed by atoms with E-state index in [-0.39, 0.29) is 0 Å². The fourth-order valence-electron chi connectivity index (χ4n) is 2.87. The van der Waals surface area contributed by atoms with Gasteiger partial charge < -0.3 is 10.5 Å². The lowest BCUT2D eigenvalue weighted by Crippen LogP contribution is -2.18. The SMILES string of the molecule is NCc1ccc(COc2cccc(CN3CCCC3)c2)cc1. The number of rotatable bonds is 6. The van der Waals surface area contributed by atoms with Gasteiger partial charge in [-0.25, -0.2) is 0 Å². The van der Waals surface area contributed by atoms with Crippen LogP contribution >= 0.6 is 0 Å². The van der Waals surface area contributed by atoms with E-state index < -0.39 is 0 Å². The highest BCUT2D eigenvalue weighted by atomic mass is 16.5. The first-order chi connectivity index (χ1) is 10.8. The summed E-state index contributed by atoms with van der Waals surface area (Å²) in [5.41, 5.74) is 9.26. The van der Waals surface area contributed by atoms with E-state index in [1.165, 1.54) is 37.1 Å². The highest BCUT2D eigenvalue weighted by Crippen LogP contribution is 2.18. The molecule has 0 spiro atoms.